The Morgan fingerprint density at radius 2 is 1.79 bits per heavy atom. The molecule has 122 valence electrons. The number of anilines is 1. The zero-order valence-electron chi connectivity index (χ0n) is 13.5. The average molecular weight is 338 g/mol. The van der Waals surface area contributed by atoms with Crippen molar-refractivity contribution in [3.05, 3.63) is 66.4 Å². The SMILES string of the molecule is CC(C)Oc1ccccc1C(=O)Nc1ncc(-c2ccccc2)s1. The van der Waals surface area contributed by atoms with E-state index >= 15 is 0 Å². The van der Waals surface area contributed by atoms with E-state index < -0.39 is 0 Å². The highest BCUT2D eigenvalue weighted by atomic mass is 32.1. The van der Waals surface area contributed by atoms with E-state index in [1.807, 2.05) is 56.3 Å². The van der Waals surface area contributed by atoms with Crippen LogP contribution in [-0.4, -0.2) is 17.0 Å². The zero-order chi connectivity index (χ0) is 16.9. The number of aromatic nitrogens is 1. The van der Waals surface area contributed by atoms with Gasteiger partial charge in [-0.15, -0.1) is 0 Å². The summed E-state index contributed by atoms with van der Waals surface area (Å²) >= 11 is 1.44. The van der Waals surface area contributed by atoms with Gasteiger partial charge in [0.25, 0.3) is 5.91 Å². The van der Waals surface area contributed by atoms with Crippen molar-refractivity contribution in [3.63, 3.8) is 0 Å². The predicted molar refractivity (Wildman–Crippen MR) is 97.7 cm³/mol. The summed E-state index contributed by atoms with van der Waals surface area (Å²) in [5.74, 6) is 0.352. The molecule has 3 rings (SSSR count). The van der Waals surface area contributed by atoms with Gasteiger partial charge in [0, 0.05) is 6.20 Å². The fourth-order valence-corrected chi connectivity index (χ4v) is 3.06. The van der Waals surface area contributed by atoms with E-state index in [0.29, 0.717) is 16.4 Å². The maximum absolute atomic E-state index is 12.5. The molecular weight excluding hydrogens is 320 g/mol. The fourth-order valence-electron chi connectivity index (χ4n) is 2.24. The minimum Gasteiger partial charge on any atom is -0.490 e. The third kappa shape index (κ3) is 3.81. The quantitative estimate of drug-likeness (QED) is 0.723. The molecule has 1 aromatic heterocycles. The summed E-state index contributed by atoms with van der Waals surface area (Å²) in [5.41, 5.74) is 1.58. The van der Waals surface area contributed by atoms with Gasteiger partial charge in [-0.2, -0.15) is 0 Å². The largest absolute Gasteiger partial charge is 0.490 e. The average Bonchev–Trinajstić information content (AvgIpc) is 3.04. The van der Waals surface area contributed by atoms with Gasteiger partial charge in [0.05, 0.1) is 16.5 Å². The molecular formula is C19H18N2O2S. The maximum Gasteiger partial charge on any atom is 0.261 e. The summed E-state index contributed by atoms with van der Waals surface area (Å²) in [5, 5.41) is 3.42. The fraction of sp³-hybridized carbons (Fsp3) is 0.158. The molecule has 5 heteroatoms. The molecule has 3 aromatic rings. The van der Waals surface area contributed by atoms with Crippen molar-refractivity contribution in [2.75, 3.05) is 5.32 Å². The summed E-state index contributed by atoms with van der Waals surface area (Å²) in [6, 6.07) is 17.2. The molecule has 0 saturated heterocycles. The Bertz CT molecular complexity index is 828. The van der Waals surface area contributed by atoms with E-state index in [1.165, 1.54) is 11.3 Å². The Labute approximate surface area is 145 Å². The van der Waals surface area contributed by atoms with Crippen molar-refractivity contribution in [2.45, 2.75) is 20.0 Å². The Balaban J connectivity index is 1.78. The summed E-state index contributed by atoms with van der Waals surface area (Å²) in [6.07, 6.45) is 1.77. The van der Waals surface area contributed by atoms with Gasteiger partial charge < -0.3 is 4.74 Å². The maximum atomic E-state index is 12.5. The molecule has 0 spiro atoms. The molecule has 4 nitrogen and oxygen atoms in total. The second-order valence-electron chi connectivity index (χ2n) is 5.51. The van der Waals surface area contributed by atoms with Gasteiger partial charge in [-0.1, -0.05) is 53.8 Å². The van der Waals surface area contributed by atoms with Crippen LogP contribution in [0.3, 0.4) is 0 Å². The standard InChI is InChI=1S/C19H18N2O2S/c1-13(2)23-16-11-7-6-10-15(16)18(22)21-19-20-12-17(24-19)14-8-4-3-5-9-14/h3-13H,1-2H3,(H,20,21,22). The highest BCUT2D eigenvalue weighted by Crippen LogP contribution is 2.29. The molecule has 1 heterocycles. The first kappa shape index (κ1) is 16.2. The number of carbonyl (C=O) groups excluding carboxylic acids is 1. The highest BCUT2D eigenvalue weighted by Gasteiger charge is 2.15. The first-order valence-electron chi connectivity index (χ1n) is 7.72. The lowest BCUT2D eigenvalue weighted by molar-refractivity contribution is 0.102. The van der Waals surface area contributed by atoms with Crippen LogP contribution in [-0.2, 0) is 0 Å². The highest BCUT2D eigenvalue weighted by molar-refractivity contribution is 7.19. The number of benzene rings is 2. The molecule has 1 amide bonds. The van der Waals surface area contributed by atoms with Crippen molar-refractivity contribution in [2.24, 2.45) is 0 Å². The zero-order valence-corrected chi connectivity index (χ0v) is 14.3. The summed E-state index contributed by atoms with van der Waals surface area (Å²) < 4.78 is 5.70. The number of nitrogens with one attached hydrogen (secondary N) is 1. The van der Waals surface area contributed by atoms with E-state index in [-0.39, 0.29) is 12.0 Å². The molecule has 0 aliphatic carbocycles. The number of nitrogens with zero attached hydrogens (tertiary/aromatic N) is 1. The summed E-state index contributed by atoms with van der Waals surface area (Å²) in [6.45, 7) is 3.86. The van der Waals surface area contributed by atoms with Gasteiger partial charge in [0.15, 0.2) is 5.13 Å². The molecule has 0 bridgehead atoms. The second kappa shape index (κ2) is 7.27. The molecule has 0 aliphatic heterocycles. The predicted octanol–water partition coefficient (Wildman–Crippen LogP) is 4.85. The third-order valence-electron chi connectivity index (χ3n) is 3.28. The molecule has 0 saturated carbocycles. The van der Waals surface area contributed by atoms with Crippen molar-refractivity contribution in [1.29, 1.82) is 0 Å². The van der Waals surface area contributed by atoms with Crippen molar-refractivity contribution in [3.8, 4) is 16.2 Å². The molecule has 0 fully saturated rings. The van der Waals surface area contributed by atoms with Gasteiger partial charge in [0.2, 0.25) is 0 Å². The number of rotatable bonds is 5. The Kier molecular flexibility index (Phi) is 4.91. The number of para-hydroxylation sites is 1. The van der Waals surface area contributed by atoms with E-state index in [2.05, 4.69) is 10.3 Å². The van der Waals surface area contributed by atoms with Crippen LogP contribution in [0.1, 0.15) is 24.2 Å². The van der Waals surface area contributed by atoms with Crippen molar-refractivity contribution in [1.82, 2.24) is 4.98 Å². The minimum atomic E-state index is -0.222. The van der Waals surface area contributed by atoms with Crippen LogP contribution in [0.2, 0.25) is 0 Å². The van der Waals surface area contributed by atoms with Crippen LogP contribution in [0, 0.1) is 0 Å². The van der Waals surface area contributed by atoms with Crippen LogP contribution in [0.5, 0.6) is 5.75 Å². The minimum absolute atomic E-state index is 0.00324. The summed E-state index contributed by atoms with van der Waals surface area (Å²) in [4.78, 5) is 17.8. The molecule has 0 unspecified atom stereocenters. The van der Waals surface area contributed by atoms with E-state index in [4.69, 9.17) is 4.74 Å². The number of hydrogen-bond acceptors (Lipinski definition) is 4. The van der Waals surface area contributed by atoms with Crippen LogP contribution in [0.15, 0.2) is 60.8 Å². The van der Waals surface area contributed by atoms with Crippen molar-refractivity contribution < 1.29 is 9.53 Å². The molecule has 0 atom stereocenters. The topological polar surface area (TPSA) is 51.2 Å². The molecule has 1 N–H and O–H groups in total. The smallest absolute Gasteiger partial charge is 0.261 e. The lowest BCUT2D eigenvalue weighted by atomic mass is 10.2. The van der Waals surface area contributed by atoms with Gasteiger partial charge in [-0.25, -0.2) is 4.98 Å². The van der Waals surface area contributed by atoms with E-state index in [0.717, 1.165) is 10.4 Å². The second-order valence-corrected chi connectivity index (χ2v) is 6.54. The summed E-state index contributed by atoms with van der Waals surface area (Å²) in [7, 11) is 0. The Morgan fingerprint density at radius 1 is 1.08 bits per heavy atom. The van der Waals surface area contributed by atoms with E-state index in [9.17, 15) is 4.79 Å². The van der Waals surface area contributed by atoms with Gasteiger partial charge in [-0.05, 0) is 31.5 Å². The third-order valence-corrected chi connectivity index (χ3v) is 4.24. The molecule has 0 aliphatic rings. The number of hydrogen-bond donors (Lipinski definition) is 1. The Hall–Kier alpha value is -2.66. The van der Waals surface area contributed by atoms with Crippen LogP contribution in [0.25, 0.3) is 10.4 Å². The van der Waals surface area contributed by atoms with Crippen LogP contribution in [0.4, 0.5) is 5.13 Å². The molecule has 2 aromatic carbocycles. The monoisotopic (exact) mass is 338 g/mol. The van der Waals surface area contributed by atoms with Gasteiger partial charge >= 0.3 is 0 Å². The lowest BCUT2D eigenvalue weighted by Gasteiger charge is -2.13. The molecule has 0 radical (unpaired) electrons. The first-order chi connectivity index (χ1) is 11.6. The molecule has 24 heavy (non-hydrogen) atoms. The van der Waals surface area contributed by atoms with Gasteiger partial charge in [0.1, 0.15) is 5.75 Å². The number of carbonyl (C=O) groups is 1. The van der Waals surface area contributed by atoms with Gasteiger partial charge in [-0.3, -0.25) is 10.1 Å². The number of ether oxygens (including phenoxy) is 1. The van der Waals surface area contributed by atoms with Crippen LogP contribution < -0.4 is 10.1 Å². The lowest BCUT2D eigenvalue weighted by Crippen LogP contribution is -2.15. The van der Waals surface area contributed by atoms with E-state index in [1.54, 1.807) is 18.3 Å². The first-order valence-corrected chi connectivity index (χ1v) is 8.53. The number of amides is 1. The van der Waals surface area contributed by atoms with Crippen LogP contribution >= 0.6 is 11.3 Å². The number of thiazole rings is 1. The normalized spacial score (nSPS) is 10.6. The Morgan fingerprint density at radius 3 is 2.54 bits per heavy atom. The van der Waals surface area contributed by atoms with Crippen molar-refractivity contribution >= 4 is 22.4 Å².